The first-order valence-electron chi connectivity index (χ1n) is 5.96. The van der Waals surface area contributed by atoms with E-state index in [0.29, 0.717) is 24.5 Å². The molecule has 0 bridgehead atoms. The first kappa shape index (κ1) is 14.7. The fourth-order valence-electron chi connectivity index (χ4n) is 1.40. The smallest absolute Gasteiger partial charge is 0.223 e. The fourth-order valence-corrected chi connectivity index (χ4v) is 1.83. The second kappa shape index (κ2) is 8.69. The monoisotopic (exact) mass is 268 g/mol. The van der Waals surface area contributed by atoms with Gasteiger partial charge in [0.05, 0.1) is 13.0 Å². The van der Waals surface area contributed by atoms with Gasteiger partial charge in [-0.2, -0.15) is 11.8 Å². The molecule has 0 unspecified atom stereocenters. The third-order valence-electron chi connectivity index (χ3n) is 2.30. The maximum atomic E-state index is 11.4. The van der Waals surface area contributed by atoms with E-state index in [1.165, 1.54) is 0 Å². The predicted molar refractivity (Wildman–Crippen MR) is 77.0 cm³/mol. The van der Waals surface area contributed by atoms with Crippen LogP contribution in [0.25, 0.3) is 0 Å². The number of rotatable bonds is 8. The van der Waals surface area contributed by atoms with Crippen LogP contribution in [0.5, 0.6) is 5.75 Å². The number of ether oxygens (including phenoxy) is 1. The number of hydrogen-bond donors (Lipinski definition) is 2. The highest BCUT2D eigenvalue weighted by molar-refractivity contribution is 7.98. The minimum atomic E-state index is 0.0278. The van der Waals surface area contributed by atoms with E-state index < -0.39 is 0 Å². The van der Waals surface area contributed by atoms with Gasteiger partial charge in [-0.1, -0.05) is 6.07 Å². The molecule has 100 valence electrons. The van der Waals surface area contributed by atoms with Crippen molar-refractivity contribution in [1.29, 1.82) is 0 Å². The summed E-state index contributed by atoms with van der Waals surface area (Å²) in [5, 5.41) is 2.86. The molecule has 0 heterocycles. The van der Waals surface area contributed by atoms with Crippen LogP contribution in [0.1, 0.15) is 12.8 Å². The lowest BCUT2D eigenvalue weighted by atomic mass is 10.3. The van der Waals surface area contributed by atoms with Gasteiger partial charge in [-0.25, -0.2) is 0 Å². The molecule has 1 rings (SSSR count). The first-order chi connectivity index (χ1) is 8.72. The summed E-state index contributed by atoms with van der Waals surface area (Å²) in [6.07, 6.45) is 3.43. The van der Waals surface area contributed by atoms with Crippen LogP contribution in [0.4, 0.5) is 5.69 Å². The zero-order chi connectivity index (χ0) is 13.2. The number of nitrogens with two attached hydrogens (primary N) is 1. The van der Waals surface area contributed by atoms with Crippen LogP contribution >= 0.6 is 11.8 Å². The van der Waals surface area contributed by atoms with Crippen LogP contribution < -0.4 is 15.8 Å². The third kappa shape index (κ3) is 6.39. The van der Waals surface area contributed by atoms with Gasteiger partial charge in [0.2, 0.25) is 5.91 Å². The van der Waals surface area contributed by atoms with Gasteiger partial charge in [0.1, 0.15) is 5.75 Å². The molecule has 0 aliphatic heterocycles. The van der Waals surface area contributed by atoms with Crippen molar-refractivity contribution in [3.05, 3.63) is 24.3 Å². The largest absolute Gasteiger partial charge is 0.493 e. The first-order valence-corrected chi connectivity index (χ1v) is 7.35. The highest BCUT2D eigenvalue weighted by Crippen LogP contribution is 2.14. The number of thioether (sulfide) groups is 1. The van der Waals surface area contributed by atoms with Crippen LogP contribution in [0.15, 0.2) is 24.3 Å². The van der Waals surface area contributed by atoms with E-state index in [9.17, 15) is 4.79 Å². The highest BCUT2D eigenvalue weighted by Gasteiger charge is 2.01. The van der Waals surface area contributed by atoms with Gasteiger partial charge >= 0.3 is 0 Å². The molecule has 18 heavy (non-hydrogen) atoms. The summed E-state index contributed by atoms with van der Waals surface area (Å²) in [6.45, 7) is 1.11. The maximum Gasteiger partial charge on any atom is 0.223 e. The van der Waals surface area contributed by atoms with Gasteiger partial charge in [-0.05, 0) is 30.6 Å². The average molecular weight is 268 g/mol. The Morgan fingerprint density at radius 3 is 3.06 bits per heavy atom. The quantitative estimate of drug-likeness (QED) is 0.558. The van der Waals surface area contributed by atoms with Crippen LogP contribution in [0.2, 0.25) is 0 Å². The van der Waals surface area contributed by atoms with Gasteiger partial charge in [-0.3, -0.25) is 4.79 Å². The summed E-state index contributed by atoms with van der Waals surface area (Å²) in [4.78, 5) is 11.4. The van der Waals surface area contributed by atoms with Gasteiger partial charge in [0.25, 0.3) is 0 Å². The lowest BCUT2D eigenvalue weighted by Crippen LogP contribution is -2.26. The van der Waals surface area contributed by atoms with E-state index >= 15 is 0 Å². The van der Waals surface area contributed by atoms with Crippen molar-refractivity contribution in [2.45, 2.75) is 12.8 Å². The van der Waals surface area contributed by atoms with E-state index in [4.69, 9.17) is 10.5 Å². The Balaban J connectivity index is 2.12. The topological polar surface area (TPSA) is 64.3 Å². The van der Waals surface area contributed by atoms with E-state index in [1.807, 2.05) is 12.1 Å². The molecule has 0 radical (unpaired) electrons. The van der Waals surface area contributed by atoms with Crippen LogP contribution in [0.3, 0.4) is 0 Å². The van der Waals surface area contributed by atoms with Crippen molar-refractivity contribution < 1.29 is 9.53 Å². The van der Waals surface area contributed by atoms with Crippen molar-refractivity contribution in [3.8, 4) is 5.75 Å². The minimum absolute atomic E-state index is 0.0278. The number of benzene rings is 1. The Morgan fingerprint density at radius 2 is 2.33 bits per heavy atom. The molecular weight excluding hydrogens is 248 g/mol. The van der Waals surface area contributed by atoms with Crippen LogP contribution in [-0.4, -0.2) is 31.1 Å². The van der Waals surface area contributed by atoms with Crippen LogP contribution in [-0.2, 0) is 4.79 Å². The van der Waals surface area contributed by atoms with Crippen molar-refractivity contribution in [1.82, 2.24) is 5.32 Å². The second-order valence-corrected chi connectivity index (χ2v) is 4.85. The normalized spacial score (nSPS) is 10.1. The Kier molecular flexibility index (Phi) is 7.10. The summed E-state index contributed by atoms with van der Waals surface area (Å²) in [6, 6.07) is 7.20. The minimum Gasteiger partial charge on any atom is -0.493 e. The summed E-state index contributed by atoms with van der Waals surface area (Å²) < 4.78 is 5.44. The molecule has 5 heteroatoms. The molecule has 1 aromatic carbocycles. The summed E-state index contributed by atoms with van der Waals surface area (Å²) in [5.74, 6) is 1.80. The molecule has 3 N–H and O–H groups in total. The van der Waals surface area contributed by atoms with Crippen molar-refractivity contribution >= 4 is 23.4 Å². The van der Waals surface area contributed by atoms with Crippen molar-refractivity contribution in [2.75, 3.05) is 30.9 Å². The predicted octanol–water partition coefficient (Wildman–Crippen LogP) is 1.91. The molecule has 4 nitrogen and oxygen atoms in total. The summed E-state index contributed by atoms with van der Waals surface area (Å²) >= 11 is 1.78. The number of anilines is 1. The molecule has 0 atom stereocenters. The number of hydrogen-bond acceptors (Lipinski definition) is 4. The fraction of sp³-hybridized carbons (Fsp3) is 0.462. The molecule has 0 aliphatic rings. The SMILES string of the molecule is CSCCCNC(=O)CCOc1cccc(N)c1. The Bertz CT molecular complexity index is 372. The average Bonchev–Trinajstić information content (AvgIpc) is 2.35. The third-order valence-corrected chi connectivity index (χ3v) is 3.00. The van der Waals surface area contributed by atoms with Crippen molar-refractivity contribution in [3.63, 3.8) is 0 Å². The molecule has 0 saturated carbocycles. The lowest BCUT2D eigenvalue weighted by Gasteiger charge is -2.07. The van der Waals surface area contributed by atoms with Gasteiger partial charge in [-0.15, -0.1) is 0 Å². The number of carbonyl (C=O) groups excluding carboxylic acids is 1. The summed E-state index contributed by atoms with van der Waals surface area (Å²) in [7, 11) is 0. The zero-order valence-corrected chi connectivity index (χ0v) is 11.5. The number of nitrogens with one attached hydrogen (secondary N) is 1. The van der Waals surface area contributed by atoms with Crippen molar-refractivity contribution in [2.24, 2.45) is 0 Å². The highest BCUT2D eigenvalue weighted by atomic mass is 32.2. The summed E-state index contributed by atoms with van der Waals surface area (Å²) in [5.41, 5.74) is 6.28. The number of amides is 1. The van der Waals surface area contributed by atoms with E-state index in [-0.39, 0.29) is 5.91 Å². The molecule has 0 aliphatic carbocycles. The van der Waals surface area contributed by atoms with E-state index in [2.05, 4.69) is 11.6 Å². The van der Waals surface area contributed by atoms with Crippen LogP contribution in [0, 0.1) is 0 Å². The molecule has 0 fully saturated rings. The molecular formula is C13H20N2O2S. The molecule has 0 spiro atoms. The standard InChI is InChI=1S/C13H20N2O2S/c1-18-9-3-7-15-13(16)6-8-17-12-5-2-4-11(14)10-12/h2,4-5,10H,3,6-9,14H2,1H3,(H,15,16). The van der Waals surface area contributed by atoms with Gasteiger partial charge < -0.3 is 15.8 Å². The number of nitrogen functional groups attached to an aromatic ring is 1. The molecule has 1 amide bonds. The molecule has 1 aromatic rings. The van der Waals surface area contributed by atoms with E-state index in [1.54, 1.807) is 23.9 Å². The molecule has 0 aromatic heterocycles. The maximum absolute atomic E-state index is 11.4. The Labute approximate surface area is 112 Å². The van der Waals surface area contributed by atoms with Gasteiger partial charge in [0, 0.05) is 18.3 Å². The van der Waals surface area contributed by atoms with Gasteiger partial charge in [0.15, 0.2) is 0 Å². The van der Waals surface area contributed by atoms with E-state index in [0.717, 1.165) is 18.7 Å². The number of carbonyl (C=O) groups is 1. The lowest BCUT2D eigenvalue weighted by molar-refractivity contribution is -0.121. The second-order valence-electron chi connectivity index (χ2n) is 3.87. The Hall–Kier alpha value is -1.36. The zero-order valence-electron chi connectivity index (χ0n) is 10.6. The molecule has 0 saturated heterocycles. The Morgan fingerprint density at radius 1 is 1.50 bits per heavy atom.